The second-order valence-electron chi connectivity index (χ2n) is 7.95. The number of fused-ring (bicyclic) bond motifs is 5. The van der Waals surface area contributed by atoms with Crippen LogP contribution in [-0.4, -0.2) is 37.0 Å². The van der Waals surface area contributed by atoms with E-state index in [9.17, 15) is 4.79 Å². The minimum Gasteiger partial charge on any atom is -0.342 e. The van der Waals surface area contributed by atoms with E-state index < -0.39 is 0 Å². The maximum Gasteiger partial charge on any atom is 0.226 e. The van der Waals surface area contributed by atoms with E-state index in [0.29, 0.717) is 17.2 Å². The van der Waals surface area contributed by atoms with E-state index >= 15 is 0 Å². The summed E-state index contributed by atoms with van der Waals surface area (Å²) in [6, 6.07) is 0. The van der Waals surface area contributed by atoms with Crippen molar-refractivity contribution in [2.45, 2.75) is 32.1 Å². The van der Waals surface area contributed by atoms with Gasteiger partial charge in [-0.1, -0.05) is 0 Å². The molecule has 0 aromatic heterocycles. The van der Waals surface area contributed by atoms with Crippen molar-refractivity contribution in [2.75, 3.05) is 26.2 Å². The Morgan fingerprint density at radius 3 is 2.55 bits per heavy atom. The molecule has 2 heterocycles. The molecule has 1 amide bonds. The lowest BCUT2D eigenvalue weighted by molar-refractivity contribution is -0.133. The van der Waals surface area contributed by atoms with Crippen LogP contribution in [0, 0.1) is 35.0 Å². The summed E-state index contributed by atoms with van der Waals surface area (Å²) in [5.74, 6) is 4.46. The van der Waals surface area contributed by atoms with Crippen LogP contribution in [0.15, 0.2) is 0 Å². The van der Waals surface area contributed by atoms with Crippen LogP contribution in [0.5, 0.6) is 0 Å². The van der Waals surface area contributed by atoms with Crippen LogP contribution in [-0.2, 0) is 4.79 Å². The van der Waals surface area contributed by atoms with Crippen LogP contribution < -0.4 is 5.32 Å². The molecule has 4 heteroatoms. The van der Waals surface area contributed by atoms with Crippen LogP contribution in [0.25, 0.3) is 0 Å². The highest BCUT2D eigenvalue weighted by Crippen LogP contribution is 2.69. The molecule has 112 valence electrons. The van der Waals surface area contributed by atoms with Gasteiger partial charge in [-0.15, -0.1) is 12.4 Å². The number of hydrogen-bond acceptors (Lipinski definition) is 2. The molecule has 5 unspecified atom stereocenters. The number of nitrogens with zero attached hydrogens (tertiary/aromatic N) is 1. The number of carbonyl (C=O) groups excluding carboxylic acids is 1. The van der Waals surface area contributed by atoms with Crippen molar-refractivity contribution < 1.29 is 4.79 Å². The van der Waals surface area contributed by atoms with Crippen LogP contribution >= 0.6 is 12.4 Å². The summed E-state index contributed by atoms with van der Waals surface area (Å²) in [7, 11) is 0. The molecule has 3 aliphatic carbocycles. The Kier molecular flexibility index (Phi) is 2.92. The minimum absolute atomic E-state index is 0. The van der Waals surface area contributed by atoms with Gasteiger partial charge in [0.05, 0.1) is 0 Å². The molecule has 1 spiro atoms. The maximum absolute atomic E-state index is 12.8. The molecule has 0 radical (unpaired) electrons. The number of halogens is 1. The van der Waals surface area contributed by atoms with Crippen molar-refractivity contribution in [1.82, 2.24) is 10.2 Å². The Morgan fingerprint density at radius 2 is 1.90 bits per heavy atom. The predicted molar refractivity (Wildman–Crippen MR) is 79.7 cm³/mol. The Labute approximate surface area is 127 Å². The van der Waals surface area contributed by atoms with E-state index in [2.05, 4.69) is 10.2 Å². The number of nitrogens with one attached hydrogen (secondary N) is 1. The quantitative estimate of drug-likeness (QED) is 0.802. The van der Waals surface area contributed by atoms with Crippen LogP contribution in [0.1, 0.15) is 32.1 Å². The number of rotatable bonds is 1. The van der Waals surface area contributed by atoms with Gasteiger partial charge in [0.15, 0.2) is 0 Å². The summed E-state index contributed by atoms with van der Waals surface area (Å²) in [6.07, 6.45) is 6.81. The molecule has 5 aliphatic rings. The molecule has 0 aromatic carbocycles. The Bertz CT molecular complexity index is 418. The van der Waals surface area contributed by atoms with Gasteiger partial charge in [0, 0.05) is 31.0 Å². The minimum atomic E-state index is 0. The molecule has 2 saturated heterocycles. The average Bonchev–Trinajstić information content (AvgIpc) is 2.95. The van der Waals surface area contributed by atoms with Gasteiger partial charge in [-0.3, -0.25) is 4.79 Å². The topological polar surface area (TPSA) is 32.3 Å². The molecule has 2 aliphatic heterocycles. The Hall–Kier alpha value is -0.280. The largest absolute Gasteiger partial charge is 0.342 e. The molecule has 0 aromatic rings. The predicted octanol–water partition coefficient (Wildman–Crippen LogP) is 1.91. The van der Waals surface area contributed by atoms with E-state index in [4.69, 9.17) is 0 Å². The van der Waals surface area contributed by atoms with E-state index in [1.54, 1.807) is 0 Å². The fraction of sp³-hybridized carbons (Fsp3) is 0.938. The summed E-state index contributed by atoms with van der Waals surface area (Å²) in [5.41, 5.74) is 0.443. The summed E-state index contributed by atoms with van der Waals surface area (Å²) < 4.78 is 0. The first-order chi connectivity index (χ1) is 9.27. The summed E-state index contributed by atoms with van der Waals surface area (Å²) in [6.45, 7) is 4.37. The maximum atomic E-state index is 12.8. The van der Waals surface area contributed by atoms with Crippen molar-refractivity contribution in [1.29, 1.82) is 0 Å². The lowest BCUT2D eigenvalue weighted by Crippen LogP contribution is -2.35. The van der Waals surface area contributed by atoms with Crippen molar-refractivity contribution in [3.63, 3.8) is 0 Å². The zero-order valence-electron chi connectivity index (χ0n) is 12.0. The first-order valence-electron chi connectivity index (χ1n) is 8.27. The third kappa shape index (κ3) is 1.65. The van der Waals surface area contributed by atoms with Gasteiger partial charge >= 0.3 is 0 Å². The molecule has 3 nitrogen and oxygen atoms in total. The molecular formula is C16H25ClN2O. The highest BCUT2D eigenvalue weighted by Gasteiger charge is 2.68. The van der Waals surface area contributed by atoms with Gasteiger partial charge in [0.2, 0.25) is 5.91 Å². The summed E-state index contributed by atoms with van der Waals surface area (Å²) in [4.78, 5) is 15.0. The third-order valence-electron chi connectivity index (χ3n) is 7.10. The van der Waals surface area contributed by atoms with E-state index in [1.165, 1.54) is 32.1 Å². The number of likely N-dealkylation sites (tertiary alicyclic amines) is 1. The van der Waals surface area contributed by atoms with Gasteiger partial charge in [0.1, 0.15) is 0 Å². The van der Waals surface area contributed by atoms with E-state index in [0.717, 1.165) is 49.9 Å². The second-order valence-corrected chi connectivity index (χ2v) is 7.95. The monoisotopic (exact) mass is 296 g/mol. The van der Waals surface area contributed by atoms with Gasteiger partial charge in [-0.2, -0.15) is 0 Å². The molecule has 5 rings (SSSR count). The van der Waals surface area contributed by atoms with Gasteiger partial charge in [-0.05, 0) is 62.3 Å². The standard InChI is InChI=1S/C16H24N2O.ClH/c19-15(14-12-10-1-2-11(7-10)13(12)14)18-6-4-16(9-18)3-5-17-8-16;/h10-14,17H,1-9H2;1H. The lowest BCUT2D eigenvalue weighted by Gasteiger charge is -2.23. The molecule has 5 fully saturated rings. The number of carbonyl (C=O) groups is 1. The zero-order chi connectivity index (χ0) is 12.6. The van der Waals surface area contributed by atoms with Gasteiger partial charge < -0.3 is 10.2 Å². The zero-order valence-corrected chi connectivity index (χ0v) is 12.8. The molecule has 3 saturated carbocycles. The van der Waals surface area contributed by atoms with Crippen LogP contribution in [0.4, 0.5) is 0 Å². The fourth-order valence-electron chi connectivity index (χ4n) is 6.13. The lowest BCUT2D eigenvalue weighted by atomic mass is 9.86. The Balaban J connectivity index is 0.00000106. The third-order valence-corrected chi connectivity index (χ3v) is 7.10. The van der Waals surface area contributed by atoms with Crippen molar-refractivity contribution in [3.8, 4) is 0 Å². The highest BCUT2D eigenvalue weighted by molar-refractivity contribution is 5.85. The number of amides is 1. The first-order valence-corrected chi connectivity index (χ1v) is 8.27. The summed E-state index contributed by atoms with van der Waals surface area (Å²) in [5, 5.41) is 3.49. The van der Waals surface area contributed by atoms with E-state index in [-0.39, 0.29) is 12.4 Å². The van der Waals surface area contributed by atoms with Crippen LogP contribution in [0.3, 0.4) is 0 Å². The van der Waals surface area contributed by atoms with Gasteiger partial charge in [0.25, 0.3) is 0 Å². The SMILES string of the molecule is Cl.O=C(C1C2C3CCC(C3)C12)N1CCC2(CCNC2)C1. The molecule has 1 N–H and O–H groups in total. The second kappa shape index (κ2) is 4.36. The smallest absolute Gasteiger partial charge is 0.226 e. The normalized spacial score (nSPS) is 51.4. The van der Waals surface area contributed by atoms with Crippen molar-refractivity contribution in [2.24, 2.45) is 35.0 Å². The molecule has 20 heavy (non-hydrogen) atoms. The van der Waals surface area contributed by atoms with Crippen molar-refractivity contribution >= 4 is 18.3 Å². The molecule has 5 atom stereocenters. The van der Waals surface area contributed by atoms with Crippen molar-refractivity contribution in [3.05, 3.63) is 0 Å². The molecule has 2 bridgehead atoms. The first kappa shape index (κ1) is 13.4. The Morgan fingerprint density at radius 1 is 1.15 bits per heavy atom. The highest BCUT2D eigenvalue weighted by atomic mass is 35.5. The van der Waals surface area contributed by atoms with E-state index in [1.807, 2.05) is 0 Å². The summed E-state index contributed by atoms with van der Waals surface area (Å²) >= 11 is 0. The fourth-order valence-corrected chi connectivity index (χ4v) is 6.13. The number of hydrogen-bond donors (Lipinski definition) is 1. The average molecular weight is 297 g/mol. The van der Waals surface area contributed by atoms with Crippen LogP contribution in [0.2, 0.25) is 0 Å². The van der Waals surface area contributed by atoms with Gasteiger partial charge in [-0.25, -0.2) is 0 Å². The molecular weight excluding hydrogens is 272 g/mol.